The van der Waals surface area contributed by atoms with Crippen molar-refractivity contribution < 1.29 is 18.8 Å². The van der Waals surface area contributed by atoms with Crippen LogP contribution in [0.25, 0.3) is 0 Å². The number of carbonyl (C=O) groups is 1. The molecule has 40 heavy (non-hydrogen) atoms. The molecule has 1 saturated carbocycles. The fourth-order valence-electron chi connectivity index (χ4n) is 7.60. The lowest BCUT2D eigenvalue weighted by Gasteiger charge is -2.49. The summed E-state index contributed by atoms with van der Waals surface area (Å²) in [6.45, 7) is 4.10. The van der Waals surface area contributed by atoms with Crippen LogP contribution in [0.1, 0.15) is 79.8 Å². The number of benzene rings is 2. The van der Waals surface area contributed by atoms with Gasteiger partial charge in [0.1, 0.15) is 5.75 Å². The second-order valence-corrected chi connectivity index (χ2v) is 15.5. The minimum atomic E-state index is -2.76. The Balaban J connectivity index is 1.42. The van der Waals surface area contributed by atoms with Crippen molar-refractivity contribution in [2.24, 2.45) is 11.8 Å². The Morgan fingerprint density at radius 3 is 2.77 bits per heavy atom. The lowest BCUT2D eigenvalue weighted by Crippen LogP contribution is -2.52. The van der Waals surface area contributed by atoms with Crippen LogP contribution in [-0.2, 0) is 21.5 Å². The molecule has 2 heterocycles. The van der Waals surface area contributed by atoms with E-state index < -0.39 is 15.3 Å². The number of fused-ring (bicyclic) bond motifs is 4. The Morgan fingerprint density at radius 2 is 1.98 bits per heavy atom. The van der Waals surface area contributed by atoms with Crippen molar-refractivity contribution in [1.29, 1.82) is 0 Å². The molecule has 0 radical (unpaired) electrons. The standard InChI is InChI=1S/C32H41ClN2O4S/c1-31(37)14-4-3-5-16-40(2,38)34-30(36)23-9-13-29-28(18-23)35(19-24-8-11-26(24)31)20-32(21-39-29)15-6-7-22-17-25(33)10-12-27(22)32/h9-10,12-13,17-18,24,26,37H,2-8,11,14-16,19-21H2,1H3,(H,34,36,38)/t24-,26+,31+,32-,40?/m0/s1. The van der Waals surface area contributed by atoms with Crippen LogP contribution in [0.4, 0.5) is 5.69 Å². The number of aliphatic hydroxyl groups is 1. The number of nitrogens with zero attached hydrogens (tertiary/aromatic N) is 1. The smallest absolute Gasteiger partial charge is 0.262 e. The first-order chi connectivity index (χ1) is 19.1. The van der Waals surface area contributed by atoms with Crippen molar-refractivity contribution in [2.45, 2.75) is 75.7 Å². The molecule has 0 aromatic heterocycles. The summed E-state index contributed by atoms with van der Waals surface area (Å²) in [5.74, 6) is 5.15. The molecular weight excluding hydrogens is 544 g/mol. The fraction of sp³-hybridized carbons (Fsp3) is 0.562. The van der Waals surface area contributed by atoms with E-state index in [1.807, 2.05) is 25.1 Å². The van der Waals surface area contributed by atoms with Crippen LogP contribution >= 0.6 is 11.6 Å². The van der Waals surface area contributed by atoms with E-state index in [1.54, 1.807) is 6.07 Å². The molecule has 2 aromatic rings. The molecule has 1 amide bonds. The van der Waals surface area contributed by atoms with Crippen molar-refractivity contribution in [2.75, 3.05) is 30.3 Å². The van der Waals surface area contributed by atoms with Crippen molar-refractivity contribution in [3.63, 3.8) is 0 Å². The molecule has 2 bridgehead atoms. The first-order valence-corrected chi connectivity index (χ1v) is 17.0. The Morgan fingerprint density at radius 1 is 1.12 bits per heavy atom. The van der Waals surface area contributed by atoms with E-state index in [0.29, 0.717) is 30.3 Å². The average molecular weight is 585 g/mol. The second kappa shape index (κ2) is 10.6. The predicted octanol–water partition coefficient (Wildman–Crippen LogP) is 5.53. The van der Waals surface area contributed by atoms with Crippen molar-refractivity contribution in [1.82, 2.24) is 4.72 Å². The number of halogens is 1. The zero-order valence-corrected chi connectivity index (χ0v) is 25.0. The van der Waals surface area contributed by atoms with Gasteiger partial charge in [-0.05, 0) is 111 Å². The summed E-state index contributed by atoms with van der Waals surface area (Å²) in [5, 5.41) is 12.3. The van der Waals surface area contributed by atoms with Gasteiger partial charge in [-0.25, -0.2) is 4.21 Å². The SMILES string of the molecule is C=S1(=O)CCCCC[C@@](C)(O)[C@@H]2CC[C@H]2CN2C[C@@]3(CCCc4cc(Cl)ccc43)COc3ccc(cc32)C(=O)N1. The number of amides is 1. The number of anilines is 1. The van der Waals surface area contributed by atoms with E-state index in [4.69, 9.17) is 16.3 Å². The van der Waals surface area contributed by atoms with Gasteiger partial charge in [0.2, 0.25) is 0 Å². The molecule has 4 aliphatic rings. The maximum Gasteiger partial charge on any atom is 0.262 e. The number of nitrogens with one attached hydrogen (secondary N) is 1. The van der Waals surface area contributed by atoms with Crippen molar-refractivity contribution in [3.05, 3.63) is 58.1 Å². The molecule has 2 aliphatic heterocycles. The summed E-state index contributed by atoms with van der Waals surface area (Å²) in [7, 11) is -2.76. The van der Waals surface area contributed by atoms with Gasteiger partial charge in [-0.15, -0.1) is 0 Å². The molecule has 216 valence electrons. The molecule has 1 spiro atoms. The minimum absolute atomic E-state index is 0.204. The molecule has 5 atom stereocenters. The van der Waals surface area contributed by atoms with Crippen LogP contribution in [0.2, 0.25) is 5.02 Å². The highest BCUT2D eigenvalue weighted by Gasteiger charge is 2.46. The fourth-order valence-corrected chi connectivity index (χ4v) is 9.03. The Hall–Kier alpha value is -2.22. The van der Waals surface area contributed by atoms with Gasteiger partial charge in [0.05, 0.1) is 17.9 Å². The molecule has 6 nitrogen and oxygen atoms in total. The van der Waals surface area contributed by atoms with E-state index in [-0.39, 0.29) is 17.2 Å². The minimum Gasteiger partial charge on any atom is -0.490 e. The topological polar surface area (TPSA) is 78.9 Å². The highest BCUT2D eigenvalue weighted by Crippen LogP contribution is 2.48. The van der Waals surface area contributed by atoms with Crippen LogP contribution in [0.5, 0.6) is 5.75 Å². The van der Waals surface area contributed by atoms with Crippen LogP contribution in [0.3, 0.4) is 0 Å². The average Bonchev–Trinajstić information content (AvgIpc) is 3.02. The third-order valence-electron chi connectivity index (χ3n) is 9.91. The zero-order valence-electron chi connectivity index (χ0n) is 23.4. The normalized spacial score (nSPS) is 34.5. The summed E-state index contributed by atoms with van der Waals surface area (Å²) in [5.41, 5.74) is 2.99. The zero-order chi connectivity index (χ0) is 28.1. The molecule has 1 unspecified atom stereocenters. The maximum atomic E-state index is 13.3. The van der Waals surface area contributed by atoms with Gasteiger partial charge in [0.15, 0.2) is 0 Å². The van der Waals surface area contributed by atoms with Crippen LogP contribution in [-0.4, -0.2) is 52.1 Å². The largest absolute Gasteiger partial charge is 0.490 e. The highest BCUT2D eigenvalue weighted by atomic mass is 35.5. The molecule has 6 rings (SSSR count). The number of carbonyl (C=O) groups excluding carboxylic acids is 1. The van der Waals surface area contributed by atoms with Crippen LogP contribution < -0.4 is 14.4 Å². The predicted molar refractivity (Wildman–Crippen MR) is 163 cm³/mol. The van der Waals surface area contributed by atoms with E-state index in [2.05, 4.69) is 27.6 Å². The van der Waals surface area contributed by atoms with Gasteiger partial charge < -0.3 is 14.7 Å². The summed E-state index contributed by atoms with van der Waals surface area (Å²) in [4.78, 5) is 15.7. The number of hydrogen-bond acceptors (Lipinski definition) is 5. The summed E-state index contributed by atoms with van der Waals surface area (Å²) in [6, 6.07) is 11.8. The van der Waals surface area contributed by atoms with E-state index in [1.165, 1.54) is 11.1 Å². The van der Waals surface area contributed by atoms with Crippen LogP contribution in [0, 0.1) is 11.8 Å². The maximum absolute atomic E-state index is 13.3. The Labute approximate surface area is 243 Å². The number of aryl methyl sites for hydroxylation is 1. The van der Waals surface area contributed by atoms with Gasteiger partial charge in [-0.1, -0.05) is 30.5 Å². The Kier molecular flexibility index (Phi) is 7.37. The molecular formula is C32H41ClN2O4S. The molecule has 2 aromatic carbocycles. The molecule has 0 saturated heterocycles. The third-order valence-corrected chi connectivity index (χ3v) is 11.6. The summed E-state index contributed by atoms with van der Waals surface area (Å²) < 4.78 is 22.4. The van der Waals surface area contributed by atoms with Gasteiger partial charge >= 0.3 is 0 Å². The molecule has 2 aliphatic carbocycles. The first-order valence-electron chi connectivity index (χ1n) is 14.8. The second-order valence-electron chi connectivity index (χ2n) is 12.8. The first kappa shape index (κ1) is 27.9. The number of rotatable bonds is 0. The lowest BCUT2D eigenvalue weighted by molar-refractivity contribution is -0.0742. The van der Waals surface area contributed by atoms with Gasteiger partial charge in [0, 0.05) is 44.6 Å². The summed E-state index contributed by atoms with van der Waals surface area (Å²) in [6.07, 6.45) is 8.32. The van der Waals surface area contributed by atoms with E-state index >= 15 is 0 Å². The van der Waals surface area contributed by atoms with Crippen molar-refractivity contribution >= 4 is 38.8 Å². The van der Waals surface area contributed by atoms with Crippen molar-refractivity contribution in [3.8, 4) is 5.75 Å². The van der Waals surface area contributed by atoms with E-state index in [0.717, 1.165) is 80.9 Å². The quantitative estimate of drug-likeness (QED) is 0.398. The molecule has 2 N–H and O–H groups in total. The third kappa shape index (κ3) is 5.37. The van der Waals surface area contributed by atoms with Gasteiger partial charge in [0.25, 0.3) is 5.91 Å². The Bertz CT molecular complexity index is 1410. The van der Waals surface area contributed by atoms with Gasteiger partial charge in [-0.3, -0.25) is 9.52 Å². The number of ether oxygens (including phenoxy) is 1. The lowest BCUT2D eigenvalue weighted by atomic mass is 9.63. The monoisotopic (exact) mass is 584 g/mol. The highest BCUT2D eigenvalue weighted by molar-refractivity contribution is 7.99. The summed E-state index contributed by atoms with van der Waals surface area (Å²) >= 11 is 6.40. The van der Waals surface area contributed by atoms with Crippen LogP contribution in [0.15, 0.2) is 36.4 Å². The van der Waals surface area contributed by atoms with Gasteiger partial charge in [-0.2, -0.15) is 0 Å². The number of hydrogen-bond donors (Lipinski definition) is 2. The van der Waals surface area contributed by atoms with E-state index in [9.17, 15) is 14.1 Å². The molecule has 8 heteroatoms. The molecule has 1 fully saturated rings.